The van der Waals surface area contributed by atoms with E-state index in [4.69, 9.17) is 9.05 Å². The van der Waals surface area contributed by atoms with Crippen molar-refractivity contribution in [3.05, 3.63) is 12.2 Å². The summed E-state index contributed by atoms with van der Waals surface area (Å²) in [4.78, 5) is 24.9. The number of phosphoric ester groups is 1. The van der Waals surface area contributed by atoms with Crippen molar-refractivity contribution < 1.29 is 32.9 Å². The largest absolute Gasteiger partial charge is 0.756 e. The molecule has 3 unspecified atom stereocenters. The number of hydrogen-bond donors (Lipinski definition) is 2. The van der Waals surface area contributed by atoms with E-state index in [9.17, 15) is 19.4 Å². The molecule has 0 rings (SSSR count). The highest BCUT2D eigenvalue weighted by Crippen LogP contribution is 2.38. The lowest BCUT2D eigenvalue weighted by Gasteiger charge is -2.29. The molecule has 340 valence electrons. The van der Waals surface area contributed by atoms with Crippen LogP contribution in [0, 0.1) is 0 Å². The molecule has 8 nitrogen and oxygen atoms in total. The molecule has 0 aliphatic carbocycles. The average molecular weight is 829 g/mol. The summed E-state index contributed by atoms with van der Waals surface area (Å²) in [6.45, 7) is 4.53. The number of rotatable bonds is 45. The number of aliphatic hydroxyl groups excluding tert-OH is 1. The SMILES string of the molecule is CCCCCCCCCCCCCCCCCCCCCCCCCCCCCCC/C=C/C(O)C(COP(=O)([O-])OCC[N+](C)(C)C)NC(=O)CCCCCC. The van der Waals surface area contributed by atoms with Crippen molar-refractivity contribution >= 4 is 13.7 Å². The van der Waals surface area contributed by atoms with Gasteiger partial charge in [0.1, 0.15) is 13.2 Å². The van der Waals surface area contributed by atoms with Gasteiger partial charge in [0.05, 0.1) is 39.9 Å². The number of nitrogens with zero attached hydrogens (tertiary/aromatic N) is 1. The van der Waals surface area contributed by atoms with Crippen LogP contribution in [0.1, 0.15) is 239 Å². The van der Waals surface area contributed by atoms with Gasteiger partial charge in [0.25, 0.3) is 7.82 Å². The molecule has 0 aromatic heterocycles. The lowest BCUT2D eigenvalue weighted by Crippen LogP contribution is -2.45. The molecule has 9 heteroatoms. The first-order valence-corrected chi connectivity index (χ1v) is 26.0. The van der Waals surface area contributed by atoms with Crippen LogP contribution in [0.2, 0.25) is 0 Å². The quantitative estimate of drug-likeness (QED) is 0.0274. The molecule has 2 N–H and O–H groups in total. The second-order valence-corrected chi connectivity index (χ2v) is 19.6. The summed E-state index contributed by atoms with van der Waals surface area (Å²) in [6, 6.07) is -0.877. The predicted octanol–water partition coefficient (Wildman–Crippen LogP) is 13.3. The van der Waals surface area contributed by atoms with Crippen LogP contribution in [-0.4, -0.2) is 68.5 Å². The summed E-state index contributed by atoms with van der Waals surface area (Å²) < 4.78 is 23.0. The van der Waals surface area contributed by atoms with Crippen molar-refractivity contribution in [1.29, 1.82) is 0 Å². The molecule has 0 fully saturated rings. The summed E-state index contributed by atoms with van der Waals surface area (Å²) in [6.07, 6.45) is 47.9. The molecule has 1 amide bonds. The summed E-state index contributed by atoms with van der Waals surface area (Å²) in [5, 5.41) is 13.6. The molecular formula is C48H97N2O6P. The number of quaternary nitrogens is 1. The van der Waals surface area contributed by atoms with Gasteiger partial charge in [0.15, 0.2) is 0 Å². The molecule has 0 aliphatic rings. The van der Waals surface area contributed by atoms with Crippen LogP contribution in [-0.2, 0) is 18.4 Å². The highest BCUT2D eigenvalue weighted by molar-refractivity contribution is 7.45. The fourth-order valence-corrected chi connectivity index (χ4v) is 8.05. The fraction of sp³-hybridized carbons (Fsp3) is 0.938. The van der Waals surface area contributed by atoms with Gasteiger partial charge in [0.2, 0.25) is 5.91 Å². The van der Waals surface area contributed by atoms with Gasteiger partial charge in [-0.3, -0.25) is 9.36 Å². The summed E-state index contributed by atoms with van der Waals surface area (Å²) in [5.74, 6) is -0.213. The number of nitrogens with one attached hydrogen (secondary N) is 1. The highest BCUT2D eigenvalue weighted by Gasteiger charge is 2.23. The third kappa shape index (κ3) is 43.1. The lowest BCUT2D eigenvalue weighted by atomic mass is 10.0. The Hall–Kier alpha value is -0.760. The maximum atomic E-state index is 12.6. The minimum absolute atomic E-state index is 0.000867. The van der Waals surface area contributed by atoms with Crippen molar-refractivity contribution in [2.45, 2.75) is 251 Å². The van der Waals surface area contributed by atoms with Gasteiger partial charge in [-0.1, -0.05) is 225 Å². The zero-order valence-electron chi connectivity index (χ0n) is 38.6. The van der Waals surface area contributed by atoms with Crippen molar-refractivity contribution in [3.8, 4) is 0 Å². The Morgan fingerprint density at radius 2 is 0.947 bits per heavy atom. The normalized spacial score (nSPS) is 14.3. The monoisotopic (exact) mass is 829 g/mol. The maximum Gasteiger partial charge on any atom is 0.268 e. The van der Waals surface area contributed by atoms with Gasteiger partial charge in [-0.05, 0) is 19.3 Å². The van der Waals surface area contributed by atoms with E-state index in [0.29, 0.717) is 17.4 Å². The van der Waals surface area contributed by atoms with E-state index in [1.54, 1.807) is 6.08 Å². The molecule has 0 aromatic carbocycles. The van der Waals surface area contributed by atoms with Gasteiger partial charge in [-0.15, -0.1) is 0 Å². The summed E-state index contributed by atoms with van der Waals surface area (Å²) >= 11 is 0. The van der Waals surface area contributed by atoms with Gasteiger partial charge in [-0.2, -0.15) is 0 Å². The highest BCUT2D eigenvalue weighted by atomic mass is 31.2. The molecule has 0 spiro atoms. The van der Waals surface area contributed by atoms with E-state index >= 15 is 0 Å². The molecule has 0 heterocycles. The predicted molar refractivity (Wildman–Crippen MR) is 242 cm³/mol. The summed E-state index contributed by atoms with van der Waals surface area (Å²) in [7, 11) is 1.27. The van der Waals surface area contributed by atoms with E-state index in [1.165, 1.54) is 173 Å². The molecule has 0 saturated carbocycles. The number of allylic oxidation sites excluding steroid dienone is 1. The number of aliphatic hydroxyl groups is 1. The van der Waals surface area contributed by atoms with Gasteiger partial charge in [-0.25, -0.2) is 0 Å². The molecule has 57 heavy (non-hydrogen) atoms. The van der Waals surface area contributed by atoms with Gasteiger partial charge >= 0.3 is 0 Å². The van der Waals surface area contributed by atoms with E-state index in [0.717, 1.165) is 44.9 Å². The Balaban J connectivity index is 3.83. The Morgan fingerprint density at radius 1 is 0.596 bits per heavy atom. The summed E-state index contributed by atoms with van der Waals surface area (Å²) in [5.41, 5.74) is 0. The Labute approximate surface area is 354 Å². The van der Waals surface area contributed by atoms with Gasteiger partial charge in [0, 0.05) is 6.42 Å². The van der Waals surface area contributed by atoms with Crippen LogP contribution >= 0.6 is 7.82 Å². The first-order valence-electron chi connectivity index (χ1n) is 24.6. The molecule has 0 aliphatic heterocycles. The number of hydrogen-bond acceptors (Lipinski definition) is 6. The number of carbonyl (C=O) groups is 1. The van der Waals surface area contributed by atoms with Gasteiger partial charge < -0.3 is 28.8 Å². The topological polar surface area (TPSA) is 108 Å². The van der Waals surface area contributed by atoms with Crippen molar-refractivity contribution in [2.24, 2.45) is 0 Å². The lowest BCUT2D eigenvalue weighted by molar-refractivity contribution is -0.870. The molecule has 0 aromatic rings. The second kappa shape index (κ2) is 40.6. The molecule has 0 bridgehead atoms. The smallest absolute Gasteiger partial charge is 0.268 e. The zero-order chi connectivity index (χ0) is 42.1. The zero-order valence-corrected chi connectivity index (χ0v) is 39.5. The third-order valence-corrected chi connectivity index (χ3v) is 12.2. The Bertz CT molecular complexity index is 942. The van der Waals surface area contributed by atoms with E-state index < -0.39 is 20.0 Å². The number of likely N-dealkylation sites (N-methyl/N-ethyl adjacent to an activating group) is 1. The van der Waals surface area contributed by atoms with Crippen LogP contribution < -0.4 is 10.2 Å². The van der Waals surface area contributed by atoms with Crippen LogP contribution in [0.15, 0.2) is 12.2 Å². The van der Waals surface area contributed by atoms with Crippen molar-refractivity contribution in [2.75, 3.05) is 40.9 Å². The number of unbranched alkanes of at least 4 members (excludes halogenated alkanes) is 32. The van der Waals surface area contributed by atoms with Crippen molar-refractivity contribution in [1.82, 2.24) is 5.32 Å². The fourth-order valence-electron chi connectivity index (χ4n) is 7.33. The number of phosphoric acid groups is 1. The maximum absolute atomic E-state index is 12.6. The molecule has 0 saturated heterocycles. The number of carbonyl (C=O) groups excluding carboxylic acids is 1. The van der Waals surface area contributed by atoms with Crippen LogP contribution in [0.5, 0.6) is 0 Å². The van der Waals surface area contributed by atoms with Crippen molar-refractivity contribution in [3.63, 3.8) is 0 Å². The Kier molecular flexibility index (Phi) is 40.1. The van der Waals surface area contributed by atoms with Crippen LogP contribution in [0.3, 0.4) is 0 Å². The minimum Gasteiger partial charge on any atom is -0.756 e. The first-order chi connectivity index (χ1) is 27.5. The second-order valence-electron chi connectivity index (χ2n) is 18.2. The third-order valence-electron chi connectivity index (χ3n) is 11.2. The standard InChI is InChI=1S/C48H97N2O6P/c1-6-8-10-12-13-14-15-16-17-18-19-20-21-22-23-24-25-26-27-28-29-30-31-32-33-34-35-36-37-38-39-41-47(51)46(49-48(52)42-40-11-9-7-2)45-56-57(53,54)55-44-43-50(3,4)5/h39,41,46-47,51H,6-38,40,42-45H2,1-5H3,(H-,49,52,53,54)/b41-39+. The molecule has 0 radical (unpaired) electrons. The van der Waals surface area contributed by atoms with E-state index in [-0.39, 0.29) is 19.1 Å². The van der Waals surface area contributed by atoms with E-state index in [1.807, 2.05) is 27.2 Å². The molecular weight excluding hydrogens is 732 g/mol. The van der Waals surface area contributed by atoms with Crippen LogP contribution in [0.4, 0.5) is 0 Å². The van der Waals surface area contributed by atoms with E-state index in [2.05, 4.69) is 19.2 Å². The minimum atomic E-state index is -4.57. The first kappa shape index (κ1) is 56.2. The molecule has 3 atom stereocenters. The Morgan fingerprint density at radius 3 is 1.32 bits per heavy atom. The number of amides is 1. The average Bonchev–Trinajstić information content (AvgIpc) is 3.16. The van der Waals surface area contributed by atoms with Crippen LogP contribution in [0.25, 0.3) is 0 Å².